The van der Waals surface area contributed by atoms with Crippen molar-refractivity contribution in [1.29, 1.82) is 0 Å². The molecule has 0 amide bonds. The minimum atomic E-state index is -3.68. The van der Waals surface area contributed by atoms with Crippen LogP contribution in [-0.2, 0) is 21.2 Å². The number of nitrogens with two attached hydrogens (primary N) is 1. The van der Waals surface area contributed by atoms with Crippen LogP contribution < -0.4 is 15.2 Å². The first-order valence-electron chi connectivity index (χ1n) is 8.61. The molecular formula is C19H24N2O6S. The van der Waals surface area contributed by atoms with Crippen LogP contribution in [0.15, 0.2) is 53.4 Å². The van der Waals surface area contributed by atoms with Gasteiger partial charge in [-0.25, -0.2) is 18.4 Å². The van der Waals surface area contributed by atoms with Crippen molar-refractivity contribution >= 4 is 16.0 Å². The maximum atomic E-state index is 11.5. The zero-order valence-corrected chi connectivity index (χ0v) is 16.3. The molecule has 8 nitrogen and oxygen atoms in total. The predicted octanol–water partition coefficient (Wildman–Crippen LogP) is 0.693. The third-order valence-corrected chi connectivity index (χ3v) is 4.85. The lowest BCUT2D eigenvalue weighted by atomic mass is 10.1. The van der Waals surface area contributed by atoms with Crippen LogP contribution in [0.5, 0.6) is 5.75 Å². The fourth-order valence-electron chi connectivity index (χ4n) is 2.43. The smallest absolute Gasteiger partial charge is 0.337 e. The quantitative estimate of drug-likeness (QED) is 0.390. The van der Waals surface area contributed by atoms with Gasteiger partial charge in [-0.3, -0.25) is 0 Å². The van der Waals surface area contributed by atoms with Crippen molar-refractivity contribution in [3.05, 3.63) is 59.7 Å². The van der Waals surface area contributed by atoms with Crippen LogP contribution in [0.3, 0.4) is 0 Å². The summed E-state index contributed by atoms with van der Waals surface area (Å²) in [7, 11) is -2.38. The molecule has 1 atom stereocenters. The Labute approximate surface area is 164 Å². The van der Waals surface area contributed by atoms with Crippen molar-refractivity contribution in [2.75, 3.05) is 26.8 Å². The lowest BCUT2D eigenvalue weighted by Crippen LogP contribution is -2.32. The van der Waals surface area contributed by atoms with Gasteiger partial charge in [0.2, 0.25) is 10.0 Å². The number of carbonyl (C=O) groups excluding carboxylic acids is 1. The third-order valence-electron chi connectivity index (χ3n) is 3.92. The summed E-state index contributed by atoms with van der Waals surface area (Å²) in [5.74, 6) is 0.0154. The van der Waals surface area contributed by atoms with E-state index >= 15 is 0 Å². The highest BCUT2D eigenvalue weighted by Crippen LogP contribution is 2.14. The van der Waals surface area contributed by atoms with Gasteiger partial charge in [0.15, 0.2) is 0 Å². The van der Waals surface area contributed by atoms with Crippen LogP contribution in [0.1, 0.15) is 15.9 Å². The Kier molecular flexibility index (Phi) is 7.94. The molecule has 2 rings (SSSR count). The van der Waals surface area contributed by atoms with Gasteiger partial charge in [-0.15, -0.1) is 0 Å². The van der Waals surface area contributed by atoms with Crippen molar-refractivity contribution in [3.8, 4) is 5.75 Å². The van der Waals surface area contributed by atoms with Gasteiger partial charge in [-0.2, -0.15) is 0 Å². The second-order valence-electron chi connectivity index (χ2n) is 6.13. The molecular weight excluding hydrogens is 384 g/mol. The molecule has 0 saturated carbocycles. The number of ether oxygens (including phenoxy) is 2. The molecule has 0 aliphatic carbocycles. The first-order valence-corrected chi connectivity index (χ1v) is 10.2. The fourth-order valence-corrected chi connectivity index (χ4v) is 2.94. The molecule has 0 radical (unpaired) electrons. The van der Waals surface area contributed by atoms with Gasteiger partial charge in [0, 0.05) is 6.54 Å². The number of primary sulfonamides is 1. The summed E-state index contributed by atoms with van der Waals surface area (Å²) in [5.41, 5.74) is 1.33. The van der Waals surface area contributed by atoms with E-state index in [0.29, 0.717) is 30.8 Å². The van der Waals surface area contributed by atoms with E-state index in [0.717, 1.165) is 5.56 Å². The van der Waals surface area contributed by atoms with Crippen molar-refractivity contribution in [2.45, 2.75) is 17.4 Å². The summed E-state index contributed by atoms with van der Waals surface area (Å²) < 4.78 is 32.6. The zero-order valence-electron chi connectivity index (χ0n) is 15.5. The summed E-state index contributed by atoms with van der Waals surface area (Å²) in [4.78, 5) is 11.6. The second-order valence-corrected chi connectivity index (χ2v) is 7.69. The predicted molar refractivity (Wildman–Crippen MR) is 104 cm³/mol. The van der Waals surface area contributed by atoms with E-state index in [9.17, 15) is 18.3 Å². The minimum absolute atomic E-state index is 0.0701. The molecule has 0 heterocycles. The molecule has 0 aliphatic heterocycles. The van der Waals surface area contributed by atoms with Crippen LogP contribution in [0.4, 0.5) is 0 Å². The minimum Gasteiger partial charge on any atom is -0.491 e. The highest BCUT2D eigenvalue weighted by molar-refractivity contribution is 7.89. The third kappa shape index (κ3) is 6.93. The van der Waals surface area contributed by atoms with Gasteiger partial charge in [0.1, 0.15) is 18.5 Å². The van der Waals surface area contributed by atoms with E-state index in [1.54, 1.807) is 36.4 Å². The summed E-state index contributed by atoms with van der Waals surface area (Å²) in [5, 5.41) is 18.2. The Morgan fingerprint density at radius 3 is 2.57 bits per heavy atom. The number of sulfonamides is 1. The molecule has 2 aromatic carbocycles. The molecule has 0 spiro atoms. The highest BCUT2D eigenvalue weighted by Gasteiger charge is 2.09. The summed E-state index contributed by atoms with van der Waals surface area (Å²) in [6.45, 7) is 0.996. The Balaban J connectivity index is 1.70. The number of benzene rings is 2. The molecule has 0 aliphatic rings. The number of rotatable bonds is 10. The molecule has 4 N–H and O–H groups in total. The maximum Gasteiger partial charge on any atom is 0.337 e. The Hall–Kier alpha value is -2.46. The molecule has 0 aromatic heterocycles. The fraction of sp³-hybridized carbons (Fsp3) is 0.316. The molecule has 2 aromatic rings. The van der Waals surface area contributed by atoms with Crippen molar-refractivity contribution in [3.63, 3.8) is 0 Å². The average molecular weight is 408 g/mol. The Morgan fingerprint density at radius 2 is 1.93 bits per heavy atom. The van der Waals surface area contributed by atoms with Crippen molar-refractivity contribution < 1.29 is 27.8 Å². The molecule has 1 unspecified atom stereocenters. The van der Waals surface area contributed by atoms with E-state index in [4.69, 9.17) is 9.88 Å². The number of aliphatic hydroxyl groups is 1. The van der Waals surface area contributed by atoms with Crippen LogP contribution in [0.25, 0.3) is 0 Å². The van der Waals surface area contributed by atoms with E-state index in [1.807, 2.05) is 0 Å². The summed E-state index contributed by atoms with van der Waals surface area (Å²) >= 11 is 0. The SMILES string of the molecule is COC(=O)c1cccc(OCC(O)CNCCc2ccc(S(N)(=O)=O)cc2)c1. The average Bonchev–Trinajstić information content (AvgIpc) is 2.69. The van der Waals surface area contributed by atoms with Crippen LogP contribution >= 0.6 is 0 Å². The number of esters is 1. The highest BCUT2D eigenvalue weighted by atomic mass is 32.2. The first kappa shape index (κ1) is 21.8. The zero-order chi connectivity index (χ0) is 20.6. The van der Waals surface area contributed by atoms with Gasteiger partial charge < -0.3 is 19.9 Å². The molecule has 0 saturated heterocycles. The Morgan fingerprint density at radius 1 is 1.21 bits per heavy atom. The van der Waals surface area contributed by atoms with E-state index < -0.39 is 22.1 Å². The lowest BCUT2D eigenvalue weighted by molar-refractivity contribution is 0.0600. The molecule has 0 bridgehead atoms. The van der Waals surface area contributed by atoms with Gasteiger partial charge in [-0.1, -0.05) is 18.2 Å². The van der Waals surface area contributed by atoms with Gasteiger partial charge in [0.25, 0.3) is 0 Å². The first-order chi connectivity index (χ1) is 13.3. The largest absolute Gasteiger partial charge is 0.491 e. The van der Waals surface area contributed by atoms with Crippen molar-refractivity contribution in [2.24, 2.45) is 5.14 Å². The summed E-state index contributed by atoms with van der Waals surface area (Å²) in [6, 6.07) is 12.9. The van der Waals surface area contributed by atoms with E-state index in [-0.39, 0.29) is 11.5 Å². The van der Waals surface area contributed by atoms with Gasteiger partial charge in [0.05, 0.1) is 17.6 Å². The van der Waals surface area contributed by atoms with Crippen molar-refractivity contribution in [1.82, 2.24) is 5.32 Å². The normalized spacial score (nSPS) is 12.4. The van der Waals surface area contributed by atoms with Gasteiger partial charge >= 0.3 is 5.97 Å². The molecule has 152 valence electrons. The van der Waals surface area contributed by atoms with Crippen LogP contribution in [0, 0.1) is 0 Å². The maximum absolute atomic E-state index is 11.5. The monoisotopic (exact) mass is 408 g/mol. The molecule has 28 heavy (non-hydrogen) atoms. The van der Waals surface area contributed by atoms with Crippen LogP contribution in [0.2, 0.25) is 0 Å². The van der Waals surface area contributed by atoms with E-state index in [2.05, 4.69) is 10.1 Å². The molecule has 0 fully saturated rings. The van der Waals surface area contributed by atoms with Gasteiger partial charge in [-0.05, 0) is 48.9 Å². The topological polar surface area (TPSA) is 128 Å². The molecule has 9 heteroatoms. The van der Waals surface area contributed by atoms with Crippen LogP contribution in [-0.4, -0.2) is 52.4 Å². The number of aliphatic hydroxyl groups excluding tert-OH is 1. The number of methoxy groups -OCH3 is 1. The second kappa shape index (κ2) is 10.2. The number of hydrogen-bond donors (Lipinski definition) is 3. The number of hydrogen-bond acceptors (Lipinski definition) is 7. The Bertz CT molecular complexity index is 884. The number of carbonyl (C=O) groups is 1. The summed E-state index contributed by atoms with van der Waals surface area (Å²) in [6.07, 6.45) is -0.0637. The van der Waals surface area contributed by atoms with E-state index in [1.165, 1.54) is 19.2 Å². The lowest BCUT2D eigenvalue weighted by Gasteiger charge is -2.14. The standard InChI is InChI=1S/C19H24N2O6S/c1-26-19(23)15-3-2-4-17(11-15)27-13-16(22)12-21-10-9-14-5-7-18(8-6-14)28(20,24)25/h2-8,11,16,21-22H,9-10,12-13H2,1H3,(H2,20,24,25). The number of nitrogens with one attached hydrogen (secondary N) is 1.